The van der Waals surface area contributed by atoms with E-state index >= 15 is 0 Å². The minimum Gasteiger partial charge on any atom is -0.481 e. The van der Waals surface area contributed by atoms with Crippen LogP contribution in [0.1, 0.15) is 43.9 Å². The fourth-order valence-corrected chi connectivity index (χ4v) is 6.65. The number of hydrogen-bond acceptors (Lipinski definition) is 7. The fourth-order valence-electron chi connectivity index (χ4n) is 6.65. The number of carboxylic acid groups (broad SMARTS) is 1. The molecule has 5 aromatic rings. The van der Waals surface area contributed by atoms with Crippen LogP contribution < -0.4 is 21.7 Å². The van der Waals surface area contributed by atoms with Gasteiger partial charge >= 0.3 is 12.1 Å². The molecule has 14 nitrogen and oxygen atoms in total. The molecule has 0 aliphatic rings. The highest BCUT2D eigenvalue weighted by atomic mass is 16.6. The summed E-state index contributed by atoms with van der Waals surface area (Å²) in [7, 11) is 1.40. The first kappa shape index (κ1) is 41.5. The number of rotatable bonds is 16. The molecular weight excluding hydrogens is 729 g/mol. The van der Waals surface area contributed by atoms with Crippen molar-refractivity contribution in [3.63, 3.8) is 0 Å². The van der Waals surface area contributed by atoms with Crippen molar-refractivity contribution in [1.29, 1.82) is 0 Å². The predicted molar refractivity (Wildman–Crippen MR) is 215 cm³/mol. The molecule has 0 saturated carbocycles. The Morgan fingerprint density at radius 3 is 2.02 bits per heavy atom. The van der Waals surface area contributed by atoms with Crippen LogP contribution >= 0.6 is 0 Å². The molecule has 0 aliphatic carbocycles. The Kier molecular flexibility index (Phi) is 13.3. The number of nitrogens with zero attached hydrogens (tertiary/aromatic N) is 1. The van der Waals surface area contributed by atoms with Gasteiger partial charge in [-0.1, -0.05) is 91.0 Å². The van der Waals surface area contributed by atoms with Gasteiger partial charge < -0.3 is 41.4 Å². The maximum absolute atomic E-state index is 14.5. The summed E-state index contributed by atoms with van der Waals surface area (Å²) in [5, 5.41) is 20.1. The van der Waals surface area contributed by atoms with Crippen molar-refractivity contribution in [2.45, 2.75) is 76.2 Å². The van der Waals surface area contributed by atoms with E-state index in [1.54, 1.807) is 63.4 Å². The van der Waals surface area contributed by atoms with Gasteiger partial charge in [-0.05, 0) is 54.3 Å². The van der Waals surface area contributed by atoms with Crippen LogP contribution in [0.5, 0.6) is 0 Å². The topological polar surface area (TPSA) is 213 Å². The number of aromatic nitrogens is 1. The van der Waals surface area contributed by atoms with Crippen molar-refractivity contribution in [2.75, 3.05) is 7.05 Å². The zero-order valence-electron chi connectivity index (χ0n) is 32.3. The Bertz CT molecular complexity index is 2240. The van der Waals surface area contributed by atoms with Gasteiger partial charge in [-0.25, -0.2) is 4.79 Å². The first-order valence-corrected chi connectivity index (χ1v) is 18.5. The molecule has 1 heterocycles. The maximum Gasteiger partial charge on any atom is 0.408 e. The van der Waals surface area contributed by atoms with E-state index in [1.807, 2.05) is 60.7 Å². The molecule has 4 atom stereocenters. The monoisotopic (exact) mass is 776 g/mol. The van der Waals surface area contributed by atoms with Crippen LogP contribution in [-0.2, 0) is 48.0 Å². The lowest BCUT2D eigenvalue weighted by Crippen LogP contribution is -2.59. The number of aliphatic carboxylic acids is 1. The van der Waals surface area contributed by atoms with E-state index in [-0.39, 0.29) is 19.3 Å². The lowest BCUT2D eigenvalue weighted by Gasteiger charge is -2.32. The van der Waals surface area contributed by atoms with Gasteiger partial charge in [-0.15, -0.1) is 0 Å². The summed E-state index contributed by atoms with van der Waals surface area (Å²) in [6, 6.07) is 23.9. The van der Waals surface area contributed by atoms with E-state index in [4.69, 9.17) is 10.5 Å². The molecule has 0 unspecified atom stereocenters. The number of hydrogen-bond donors (Lipinski definition) is 6. The number of ether oxygens (including phenoxy) is 1. The summed E-state index contributed by atoms with van der Waals surface area (Å²) in [6.07, 6.45) is 0.0616. The number of H-pyrrole nitrogens is 1. The lowest BCUT2D eigenvalue weighted by molar-refractivity contribution is -0.143. The molecule has 0 saturated heterocycles. The quantitative estimate of drug-likeness (QED) is 0.0860. The zero-order chi connectivity index (χ0) is 41.3. The van der Waals surface area contributed by atoms with Crippen LogP contribution in [0.25, 0.3) is 21.7 Å². The van der Waals surface area contributed by atoms with E-state index in [2.05, 4.69) is 20.9 Å². The Hall–Kier alpha value is -6.70. The molecule has 0 aliphatic heterocycles. The third kappa shape index (κ3) is 11.2. The number of para-hydroxylation sites is 1. The highest BCUT2D eigenvalue weighted by Gasteiger charge is 2.36. The van der Waals surface area contributed by atoms with Gasteiger partial charge in [0.25, 0.3) is 0 Å². The molecule has 57 heavy (non-hydrogen) atoms. The third-order valence-corrected chi connectivity index (χ3v) is 9.45. The number of likely N-dealkylation sites (N-methyl/N-ethyl adjacent to an activating group) is 1. The largest absolute Gasteiger partial charge is 0.481 e. The molecular formula is C43H48N6O8. The second-order valence-electron chi connectivity index (χ2n) is 14.9. The van der Waals surface area contributed by atoms with E-state index < -0.39 is 71.9 Å². The van der Waals surface area contributed by atoms with Crippen molar-refractivity contribution >= 4 is 57.4 Å². The summed E-state index contributed by atoms with van der Waals surface area (Å²) < 4.78 is 5.49. The number of carbonyl (C=O) groups excluding carboxylic acids is 5. The SMILES string of the molecule is CN(C(=O)[C@H](Cc1c[nH]c2ccccc12)NC(=O)OC(C)(C)C)[C@@H](Cc1ccccc1)C(=O)N[C@@H](CC(=O)O)C(=O)N[C@@H](Cc1cccc2ccccc12)C(N)=O. The Morgan fingerprint density at radius 1 is 0.719 bits per heavy atom. The van der Waals surface area contributed by atoms with E-state index in [0.29, 0.717) is 5.56 Å². The number of nitrogens with two attached hydrogens (primary N) is 1. The molecule has 7 N–H and O–H groups in total. The Labute approximate surface area is 330 Å². The number of benzene rings is 4. The number of alkyl carbamates (subject to hydrolysis) is 1. The van der Waals surface area contributed by atoms with Crippen molar-refractivity contribution in [1.82, 2.24) is 25.8 Å². The number of primary amides is 1. The summed E-state index contributed by atoms with van der Waals surface area (Å²) in [6.45, 7) is 5.07. The molecule has 4 aromatic carbocycles. The number of amides is 5. The number of fused-ring (bicyclic) bond motifs is 2. The molecule has 14 heteroatoms. The summed E-state index contributed by atoms with van der Waals surface area (Å²) in [5.74, 6) is -4.70. The summed E-state index contributed by atoms with van der Waals surface area (Å²) in [4.78, 5) is 84.6. The van der Waals surface area contributed by atoms with Gasteiger partial charge in [0, 0.05) is 43.4 Å². The van der Waals surface area contributed by atoms with Gasteiger partial charge in [0.2, 0.25) is 23.6 Å². The van der Waals surface area contributed by atoms with Crippen LogP contribution in [0.4, 0.5) is 4.79 Å². The second kappa shape index (κ2) is 18.3. The van der Waals surface area contributed by atoms with Crippen LogP contribution in [0.2, 0.25) is 0 Å². The van der Waals surface area contributed by atoms with Gasteiger partial charge in [0.1, 0.15) is 29.8 Å². The standard InChI is InChI=1S/C43H48N6O8/c1-43(2,3)57-42(56)48-35(23-29-25-45-32-20-11-10-19-31(29)32)41(55)49(4)36(21-26-13-6-5-7-14-26)40(54)47-34(24-37(50)51)39(53)46-33(38(44)52)22-28-17-12-16-27-15-8-9-18-30(27)28/h5-20,25,33-36,45H,21-24H2,1-4H3,(H2,44,52)(H,46,53)(H,47,54)(H,48,56)(H,50,51)/t33-,34-,35-,36-/m0/s1. The van der Waals surface area contributed by atoms with Gasteiger partial charge in [0.05, 0.1) is 6.42 Å². The molecule has 0 fully saturated rings. The first-order chi connectivity index (χ1) is 27.1. The van der Waals surface area contributed by atoms with E-state index in [9.17, 15) is 33.9 Å². The lowest BCUT2D eigenvalue weighted by atomic mass is 9.98. The van der Waals surface area contributed by atoms with E-state index in [0.717, 1.165) is 32.8 Å². The highest BCUT2D eigenvalue weighted by Crippen LogP contribution is 2.22. The minimum atomic E-state index is -1.66. The van der Waals surface area contributed by atoms with Gasteiger partial charge in [0.15, 0.2) is 0 Å². The molecule has 298 valence electrons. The van der Waals surface area contributed by atoms with Crippen molar-refractivity contribution in [3.8, 4) is 0 Å². The smallest absolute Gasteiger partial charge is 0.408 e. The van der Waals surface area contributed by atoms with Crippen molar-refractivity contribution in [2.24, 2.45) is 5.73 Å². The molecule has 0 spiro atoms. The van der Waals surface area contributed by atoms with Gasteiger partial charge in [-0.3, -0.25) is 24.0 Å². The first-order valence-electron chi connectivity index (χ1n) is 18.5. The maximum atomic E-state index is 14.5. The average Bonchev–Trinajstić information content (AvgIpc) is 3.57. The average molecular weight is 777 g/mol. The minimum absolute atomic E-state index is 0.00645. The molecule has 1 aromatic heterocycles. The predicted octanol–water partition coefficient (Wildman–Crippen LogP) is 4.00. The van der Waals surface area contributed by atoms with Crippen molar-refractivity contribution < 1.29 is 38.6 Å². The number of nitrogens with one attached hydrogen (secondary N) is 4. The molecule has 0 radical (unpaired) electrons. The molecule has 5 rings (SSSR count). The number of carbonyl (C=O) groups is 6. The zero-order valence-corrected chi connectivity index (χ0v) is 32.3. The van der Waals surface area contributed by atoms with Crippen LogP contribution in [0, 0.1) is 0 Å². The third-order valence-electron chi connectivity index (χ3n) is 9.45. The Balaban J connectivity index is 1.42. The molecule has 0 bridgehead atoms. The Morgan fingerprint density at radius 2 is 1.33 bits per heavy atom. The second-order valence-corrected chi connectivity index (χ2v) is 14.9. The van der Waals surface area contributed by atoms with Crippen molar-refractivity contribution in [3.05, 3.63) is 120 Å². The highest BCUT2D eigenvalue weighted by molar-refractivity contribution is 5.97. The number of carboxylic acids is 1. The summed E-state index contributed by atoms with van der Waals surface area (Å²) in [5.41, 5.74) is 7.78. The van der Waals surface area contributed by atoms with Crippen LogP contribution in [0.15, 0.2) is 103 Å². The normalized spacial score (nSPS) is 13.5. The van der Waals surface area contributed by atoms with Gasteiger partial charge in [-0.2, -0.15) is 0 Å². The summed E-state index contributed by atoms with van der Waals surface area (Å²) >= 11 is 0. The molecule has 5 amide bonds. The fraction of sp³-hybridized carbons (Fsp3) is 0.302. The van der Waals surface area contributed by atoms with Crippen LogP contribution in [0.3, 0.4) is 0 Å². The van der Waals surface area contributed by atoms with Crippen LogP contribution in [-0.4, -0.2) is 87.5 Å². The van der Waals surface area contributed by atoms with E-state index in [1.165, 1.54) is 11.9 Å². The number of aromatic amines is 1.